The maximum absolute atomic E-state index is 12.0. The first-order chi connectivity index (χ1) is 8.54. The number of hydrogen-bond acceptors (Lipinski definition) is 3. The molecule has 0 aliphatic carbocycles. The van der Waals surface area contributed by atoms with E-state index in [1.54, 1.807) is 0 Å². The highest BCUT2D eigenvalue weighted by atomic mass is 35.5. The molecule has 0 aliphatic heterocycles. The normalized spacial score (nSPS) is 10.9. The van der Waals surface area contributed by atoms with Gasteiger partial charge in [-0.15, -0.1) is 0 Å². The Balaban J connectivity index is 2.56. The lowest BCUT2D eigenvalue weighted by Crippen LogP contribution is -2.24. The van der Waals surface area contributed by atoms with Gasteiger partial charge in [-0.2, -0.15) is 9.36 Å². The SMILES string of the molecule is CCCn1nnn(-c2cc(Cl)c(Cl)cc2Cl)c1=O. The number of aryl methyl sites for hydroxylation is 1. The molecule has 0 aliphatic rings. The topological polar surface area (TPSA) is 52.7 Å². The van der Waals surface area contributed by atoms with Crippen molar-refractivity contribution in [2.24, 2.45) is 0 Å². The van der Waals surface area contributed by atoms with Gasteiger partial charge in [-0.1, -0.05) is 41.7 Å². The molecule has 5 nitrogen and oxygen atoms in total. The fourth-order valence-electron chi connectivity index (χ4n) is 1.45. The van der Waals surface area contributed by atoms with Crippen LogP contribution in [0.1, 0.15) is 13.3 Å². The van der Waals surface area contributed by atoms with Crippen molar-refractivity contribution in [1.29, 1.82) is 0 Å². The number of hydrogen-bond donors (Lipinski definition) is 0. The average molecular weight is 308 g/mol. The van der Waals surface area contributed by atoms with Gasteiger partial charge in [0, 0.05) is 6.54 Å². The molecule has 2 aromatic rings. The van der Waals surface area contributed by atoms with E-state index in [1.165, 1.54) is 16.8 Å². The number of halogens is 3. The van der Waals surface area contributed by atoms with Crippen LogP contribution in [-0.2, 0) is 6.54 Å². The van der Waals surface area contributed by atoms with Gasteiger partial charge in [0.05, 0.1) is 20.8 Å². The van der Waals surface area contributed by atoms with Crippen LogP contribution in [0.2, 0.25) is 15.1 Å². The largest absolute Gasteiger partial charge is 0.368 e. The minimum atomic E-state index is -0.364. The van der Waals surface area contributed by atoms with E-state index < -0.39 is 0 Å². The van der Waals surface area contributed by atoms with Crippen LogP contribution in [0.4, 0.5) is 0 Å². The molecule has 1 aromatic carbocycles. The first-order valence-corrected chi connectivity index (χ1v) is 6.35. The summed E-state index contributed by atoms with van der Waals surface area (Å²) < 4.78 is 2.36. The van der Waals surface area contributed by atoms with Crippen molar-refractivity contribution < 1.29 is 0 Å². The number of benzene rings is 1. The van der Waals surface area contributed by atoms with Crippen LogP contribution in [0, 0.1) is 0 Å². The van der Waals surface area contributed by atoms with E-state index in [1.807, 2.05) is 6.92 Å². The van der Waals surface area contributed by atoms with Crippen LogP contribution in [0.3, 0.4) is 0 Å². The Morgan fingerprint density at radius 3 is 2.44 bits per heavy atom. The second kappa shape index (κ2) is 5.30. The van der Waals surface area contributed by atoms with Crippen LogP contribution < -0.4 is 5.69 Å². The molecule has 0 bridgehead atoms. The molecule has 1 aromatic heterocycles. The molecular weight excluding hydrogens is 298 g/mol. The standard InChI is InChI=1S/C10H9Cl3N4O/c1-2-3-16-10(18)17(15-14-16)9-5-7(12)6(11)4-8(9)13/h4-5H,2-3H2,1H3. The second-order valence-electron chi connectivity index (χ2n) is 3.61. The Hall–Kier alpha value is -1.04. The summed E-state index contributed by atoms with van der Waals surface area (Å²) in [7, 11) is 0. The predicted molar refractivity (Wildman–Crippen MR) is 70.9 cm³/mol. The van der Waals surface area contributed by atoms with Gasteiger partial charge in [0.25, 0.3) is 0 Å². The van der Waals surface area contributed by atoms with Crippen LogP contribution >= 0.6 is 34.8 Å². The van der Waals surface area contributed by atoms with E-state index in [-0.39, 0.29) is 10.7 Å². The Kier molecular flexibility index (Phi) is 3.94. The lowest BCUT2D eigenvalue weighted by Gasteiger charge is -2.04. The van der Waals surface area contributed by atoms with Crippen LogP contribution in [0.25, 0.3) is 5.69 Å². The summed E-state index contributed by atoms with van der Waals surface area (Å²) in [4.78, 5) is 12.0. The van der Waals surface area contributed by atoms with Crippen molar-refractivity contribution in [2.45, 2.75) is 19.9 Å². The molecule has 96 valence electrons. The fourth-order valence-corrected chi connectivity index (χ4v) is 2.07. The summed E-state index contributed by atoms with van der Waals surface area (Å²) in [6, 6.07) is 2.95. The van der Waals surface area contributed by atoms with Gasteiger partial charge in [0.15, 0.2) is 0 Å². The third-order valence-corrected chi connectivity index (χ3v) is 3.32. The minimum absolute atomic E-state index is 0.287. The first kappa shape index (κ1) is 13.4. The Bertz CT molecular complexity index is 635. The van der Waals surface area contributed by atoms with Crippen molar-refractivity contribution in [2.75, 3.05) is 0 Å². The third-order valence-electron chi connectivity index (χ3n) is 2.29. The summed E-state index contributed by atoms with van der Waals surface area (Å²) in [5.74, 6) is 0. The molecule has 0 saturated heterocycles. The molecular formula is C10H9Cl3N4O. The van der Waals surface area contributed by atoms with Gasteiger partial charge in [0.1, 0.15) is 0 Å². The van der Waals surface area contributed by atoms with E-state index in [2.05, 4.69) is 10.4 Å². The molecule has 0 amide bonds. The third kappa shape index (κ3) is 2.39. The van der Waals surface area contributed by atoms with E-state index in [9.17, 15) is 4.79 Å². The van der Waals surface area contributed by atoms with Gasteiger partial charge in [0.2, 0.25) is 0 Å². The van der Waals surface area contributed by atoms with E-state index in [4.69, 9.17) is 34.8 Å². The zero-order valence-corrected chi connectivity index (χ0v) is 11.7. The summed E-state index contributed by atoms with van der Waals surface area (Å²) >= 11 is 17.7. The molecule has 0 saturated carbocycles. The van der Waals surface area contributed by atoms with Gasteiger partial charge in [-0.05, 0) is 29.0 Å². The van der Waals surface area contributed by atoms with Gasteiger partial charge in [-0.25, -0.2) is 4.79 Å². The quantitative estimate of drug-likeness (QED) is 0.819. The molecule has 8 heteroatoms. The molecule has 0 unspecified atom stereocenters. The van der Waals surface area contributed by atoms with E-state index in [0.29, 0.717) is 22.3 Å². The molecule has 0 N–H and O–H groups in total. The van der Waals surface area contributed by atoms with Gasteiger partial charge < -0.3 is 0 Å². The lowest BCUT2D eigenvalue weighted by atomic mass is 10.3. The monoisotopic (exact) mass is 306 g/mol. The smallest absolute Gasteiger partial charge is 0.244 e. The summed E-state index contributed by atoms with van der Waals surface area (Å²) in [6.45, 7) is 2.44. The zero-order chi connectivity index (χ0) is 13.3. The fraction of sp³-hybridized carbons (Fsp3) is 0.300. The second-order valence-corrected chi connectivity index (χ2v) is 4.84. The average Bonchev–Trinajstić information content (AvgIpc) is 2.67. The van der Waals surface area contributed by atoms with Crippen molar-refractivity contribution >= 4 is 34.8 Å². The lowest BCUT2D eigenvalue weighted by molar-refractivity contribution is 0.564. The molecule has 0 radical (unpaired) electrons. The Morgan fingerprint density at radius 2 is 1.78 bits per heavy atom. The maximum Gasteiger partial charge on any atom is 0.368 e. The molecule has 1 heterocycles. The predicted octanol–water partition coefficient (Wildman–Crippen LogP) is 2.80. The van der Waals surface area contributed by atoms with Gasteiger partial charge >= 0.3 is 5.69 Å². The number of nitrogens with zero attached hydrogens (tertiary/aromatic N) is 4. The van der Waals surface area contributed by atoms with Crippen LogP contribution in [-0.4, -0.2) is 19.8 Å². The molecule has 18 heavy (non-hydrogen) atoms. The van der Waals surface area contributed by atoms with Gasteiger partial charge in [-0.3, -0.25) is 0 Å². The Morgan fingerprint density at radius 1 is 1.11 bits per heavy atom. The van der Waals surface area contributed by atoms with Crippen molar-refractivity contribution in [3.05, 3.63) is 37.7 Å². The van der Waals surface area contributed by atoms with Crippen molar-refractivity contribution in [3.8, 4) is 5.69 Å². The van der Waals surface area contributed by atoms with E-state index in [0.717, 1.165) is 11.1 Å². The summed E-state index contributed by atoms with van der Waals surface area (Å²) in [5.41, 5.74) is -0.00411. The highest BCUT2D eigenvalue weighted by Gasteiger charge is 2.13. The molecule has 0 spiro atoms. The zero-order valence-electron chi connectivity index (χ0n) is 9.40. The number of tetrazole rings is 1. The van der Waals surface area contributed by atoms with Crippen molar-refractivity contribution in [3.63, 3.8) is 0 Å². The summed E-state index contributed by atoms with van der Waals surface area (Å²) in [5, 5.41) is 8.43. The number of aromatic nitrogens is 4. The highest BCUT2D eigenvalue weighted by molar-refractivity contribution is 6.43. The maximum atomic E-state index is 12.0. The Labute approximate surface area is 118 Å². The van der Waals surface area contributed by atoms with Crippen molar-refractivity contribution in [1.82, 2.24) is 19.8 Å². The summed E-state index contributed by atoms with van der Waals surface area (Å²) in [6.07, 6.45) is 0.785. The van der Waals surface area contributed by atoms with Crippen LogP contribution in [0.15, 0.2) is 16.9 Å². The van der Waals surface area contributed by atoms with E-state index >= 15 is 0 Å². The minimum Gasteiger partial charge on any atom is -0.244 e. The highest BCUT2D eigenvalue weighted by Crippen LogP contribution is 2.30. The first-order valence-electron chi connectivity index (χ1n) is 5.22. The van der Waals surface area contributed by atoms with Crippen LogP contribution in [0.5, 0.6) is 0 Å². The number of rotatable bonds is 3. The molecule has 0 atom stereocenters. The molecule has 2 rings (SSSR count). The molecule has 0 fully saturated rings.